The van der Waals surface area contributed by atoms with Crippen molar-refractivity contribution in [2.24, 2.45) is 0 Å². The van der Waals surface area contributed by atoms with E-state index in [1.165, 1.54) is 302 Å². The number of allylic oxidation sites excluding steroid dienone is 4. The fourth-order valence-corrected chi connectivity index (χ4v) is 10.7. The van der Waals surface area contributed by atoms with Gasteiger partial charge in [0, 0.05) is 12.8 Å². The molecule has 3 N–H and O–H groups in total. The topological polar surface area (TPSA) is 95.9 Å². The SMILES string of the molecule is CCCCCCCC/C=C\CCCCCCCC(=O)OCCCCCCCCCCCCCC/C=C\CCCCCCCCCCCC(=O)NC(CO)C(O)CCCCCCCCCCCCCCCCCCCC. The van der Waals surface area contributed by atoms with Crippen molar-refractivity contribution < 1.29 is 24.5 Å². The van der Waals surface area contributed by atoms with E-state index in [-0.39, 0.29) is 18.5 Å². The Bertz CT molecular complexity index is 1170. The van der Waals surface area contributed by atoms with Gasteiger partial charge in [-0.3, -0.25) is 9.59 Å². The summed E-state index contributed by atoms with van der Waals surface area (Å²) in [7, 11) is 0. The minimum absolute atomic E-state index is 0.00622. The number of aliphatic hydroxyl groups is 2. The second kappa shape index (κ2) is 64.9. The lowest BCUT2D eigenvalue weighted by molar-refractivity contribution is -0.143. The number of carbonyl (C=O) groups excluding carboxylic acids is 2. The van der Waals surface area contributed by atoms with Crippen LogP contribution in [0.4, 0.5) is 0 Å². The average molecular weight is 1060 g/mol. The van der Waals surface area contributed by atoms with Crippen LogP contribution in [0.2, 0.25) is 0 Å². The minimum atomic E-state index is -0.667. The first-order valence-electron chi connectivity index (χ1n) is 34.1. The van der Waals surface area contributed by atoms with Gasteiger partial charge >= 0.3 is 5.97 Å². The Kier molecular flexibility index (Phi) is 63.4. The van der Waals surface area contributed by atoms with E-state index in [1.54, 1.807) is 0 Å². The average Bonchev–Trinajstić information content (AvgIpc) is 3.41. The largest absolute Gasteiger partial charge is 0.466 e. The van der Waals surface area contributed by atoms with Crippen LogP contribution in [0.3, 0.4) is 0 Å². The summed E-state index contributed by atoms with van der Waals surface area (Å²) in [5.74, 6) is -0.0285. The van der Waals surface area contributed by atoms with Gasteiger partial charge in [-0.2, -0.15) is 0 Å². The Morgan fingerprint density at radius 1 is 0.360 bits per heavy atom. The Morgan fingerprint density at radius 2 is 0.627 bits per heavy atom. The minimum Gasteiger partial charge on any atom is -0.466 e. The van der Waals surface area contributed by atoms with Crippen LogP contribution in [0.5, 0.6) is 0 Å². The van der Waals surface area contributed by atoms with Gasteiger partial charge in [-0.15, -0.1) is 0 Å². The van der Waals surface area contributed by atoms with Crippen molar-refractivity contribution in [3.63, 3.8) is 0 Å². The summed E-state index contributed by atoms with van der Waals surface area (Å²) in [6.45, 7) is 4.97. The molecular weight excluding hydrogens is 923 g/mol. The Morgan fingerprint density at radius 3 is 0.947 bits per heavy atom. The Hall–Kier alpha value is -1.66. The molecule has 0 aromatic carbocycles. The van der Waals surface area contributed by atoms with Crippen LogP contribution in [-0.2, 0) is 14.3 Å². The number of unbranched alkanes of at least 4 members (excludes halogenated alkanes) is 49. The smallest absolute Gasteiger partial charge is 0.305 e. The van der Waals surface area contributed by atoms with Crippen LogP contribution in [0.1, 0.15) is 380 Å². The van der Waals surface area contributed by atoms with Crippen molar-refractivity contribution in [1.82, 2.24) is 5.32 Å². The molecule has 0 fully saturated rings. The molecule has 0 rings (SSSR count). The molecule has 0 bridgehead atoms. The monoisotopic (exact) mass is 1060 g/mol. The number of hydrogen-bond acceptors (Lipinski definition) is 5. The molecule has 75 heavy (non-hydrogen) atoms. The number of amides is 1. The maximum absolute atomic E-state index is 12.5. The fourth-order valence-electron chi connectivity index (χ4n) is 10.7. The van der Waals surface area contributed by atoms with Gasteiger partial charge in [0.05, 0.1) is 25.4 Å². The molecular formula is C69H133NO5. The lowest BCUT2D eigenvalue weighted by atomic mass is 10.0. The van der Waals surface area contributed by atoms with E-state index >= 15 is 0 Å². The van der Waals surface area contributed by atoms with Gasteiger partial charge in [0.15, 0.2) is 0 Å². The van der Waals surface area contributed by atoms with Gasteiger partial charge in [0.1, 0.15) is 0 Å². The van der Waals surface area contributed by atoms with Gasteiger partial charge < -0.3 is 20.3 Å². The Labute approximate surface area is 469 Å². The molecule has 0 aliphatic carbocycles. The molecule has 6 nitrogen and oxygen atoms in total. The van der Waals surface area contributed by atoms with Crippen molar-refractivity contribution in [1.29, 1.82) is 0 Å². The first-order valence-corrected chi connectivity index (χ1v) is 34.1. The van der Waals surface area contributed by atoms with Crippen molar-refractivity contribution in [2.75, 3.05) is 13.2 Å². The van der Waals surface area contributed by atoms with Crippen LogP contribution < -0.4 is 5.32 Å². The molecule has 6 heteroatoms. The summed E-state index contributed by atoms with van der Waals surface area (Å²) >= 11 is 0. The first kappa shape index (κ1) is 73.3. The molecule has 1 amide bonds. The quantitative estimate of drug-likeness (QED) is 0.0320. The zero-order valence-electron chi connectivity index (χ0n) is 50.8. The van der Waals surface area contributed by atoms with Crippen molar-refractivity contribution in [3.8, 4) is 0 Å². The zero-order valence-corrected chi connectivity index (χ0v) is 50.8. The molecule has 0 aromatic heterocycles. The van der Waals surface area contributed by atoms with Gasteiger partial charge in [-0.1, -0.05) is 314 Å². The summed E-state index contributed by atoms with van der Waals surface area (Å²) in [4.78, 5) is 24.6. The molecule has 0 saturated carbocycles. The molecule has 0 aliphatic heterocycles. The molecule has 0 saturated heterocycles. The number of ether oxygens (including phenoxy) is 1. The van der Waals surface area contributed by atoms with E-state index < -0.39 is 12.1 Å². The highest BCUT2D eigenvalue weighted by Gasteiger charge is 2.20. The normalized spacial score (nSPS) is 12.6. The van der Waals surface area contributed by atoms with E-state index in [4.69, 9.17) is 4.74 Å². The molecule has 0 spiro atoms. The first-order chi connectivity index (χ1) is 37.0. The second-order valence-corrected chi connectivity index (χ2v) is 23.5. The van der Waals surface area contributed by atoms with E-state index in [0.29, 0.717) is 25.9 Å². The van der Waals surface area contributed by atoms with Crippen LogP contribution in [0.25, 0.3) is 0 Å². The summed E-state index contributed by atoms with van der Waals surface area (Å²) < 4.78 is 5.49. The molecule has 0 radical (unpaired) electrons. The third-order valence-electron chi connectivity index (χ3n) is 16.0. The van der Waals surface area contributed by atoms with Crippen molar-refractivity contribution >= 4 is 11.9 Å². The Balaban J connectivity index is 3.39. The number of carbonyl (C=O) groups is 2. The van der Waals surface area contributed by atoms with Crippen LogP contribution in [-0.4, -0.2) is 47.4 Å². The number of esters is 1. The van der Waals surface area contributed by atoms with Gasteiger partial charge in [0.25, 0.3) is 0 Å². The maximum atomic E-state index is 12.5. The standard InChI is InChI=1S/C69H133NO5/c1-3-5-7-9-11-13-15-17-19-20-30-34-37-41-45-49-53-57-61-67(72)66(65-71)70-68(73)62-58-54-50-46-42-38-35-31-28-26-24-22-21-23-25-27-29-32-36-40-44-48-52-56-60-64-75-69(74)63-59-55-51-47-43-39-33-18-16-14-12-10-8-6-4-2/h18,22,24,33,66-67,71-72H,3-17,19-21,23,25-32,34-65H2,1-2H3,(H,70,73)/b24-22-,33-18-. The molecule has 2 atom stereocenters. The number of aliphatic hydroxyl groups excluding tert-OH is 2. The van der Waals surface area contributed by atoms with Crippen molar-refractivity contribution in [3.05, 3.63) is 24.3 Å². The highest BCUT2D eigenvalue weighted by atomic mass is 16.5. The lowest BCUT2D eigenvalue weighted by Crippen LogP contribution is -2.45. The van der Waals surface area contributed by atoms with Crippen LogP contribution in [0, 0.1) is 0 Å². The van der Waals surface area contributed by atoms with Gasteiger partial charge in [-0.25, -0.2) is 0 Å². The predicted octanol–water partition coefficient (Wildman–Crippen LogP) is 21.8. The molecule has 2 unspecified atom stereocenters. The van der Waals surface area contributed by atoms with Crippen LogP contribution >= 0.6 is 0 Å². The summed E-state index contributed by atoms with van der Waals surface area (Å²) in [5, 5.41) is 23.4. The highest BCUT2D eigenvalue weighted by Crippen LogP contribution is 2.18. The van der Waals surface area contributed by atoms with Gasteiger partial charge in [0.2, 0.25) is 5.91 Å². The molecule has 0 aliphatic rings. The van der Waals surface area contributed by atoms with Gasteiger partial charge in [-0.05, 0) is 77.0 Å². The number of rotatable bonds is 64. The molecule has 444 valence electrons. The maximum Gasteiger partial charge on any atom is 0.305 e. The van der Waals surface area contributed by atoms with E-state index in [0.717, 1.165) is 44.9 Å². The molecule has 0 aromatic rings. The molecule has 0 heterocycles. The van der Waals surface area contributed by atoms with Crippen LogP contribution in [0.15, 0.2) is 24.3 Å². The summed E-state index contributed by atoms with van der Waals surface area (Å²) in [6.07, 6.45) is 80.7. The third kappa shape index (κ3) is 61.4. The highest BCUT2D eigenvalue weighted by molar-refractivity contribution is 5.76. The second-order valence-electron chi connectivity index (χ2n) is 23.5. The predicted molar refractivity (Wildman–Crippen MR) is 329 cm³/mol. The summed E-state index contributed by atoms with van der Waals surface area (Å²) in [5.41, 5.74) is 0. The van der Waals surface area contributed by atoms with E-state index in [2.05, 4.69) is 43.5 Å². The lowest BCUT2D eigenvalue weighted by Gasteiger charge is -2.22. The number of nitrogens with one attached hydrogen (secondary N) is 1. The number of hydrogen-bond donors (Lipinski definition) is 3. The fraction of sp³-hybridized carbons (Fsp3) is 0.913. The van der Waals surface area contributed by atoms with E-state index in [1.807, 2.05) is 0 Å². The van der Waals surface area contributed by atoms with E-state index in [9.17, 15) is 19.8 Å². The third-order valence-corrected chi connectivity index (χ3v) is 16.0. The van der Waals surface area contributed by atoms with Crippen molar-refractivity contribution in [2.45, 2.75) is 392 Å². The summed E-state index contributed by atoms with van der Waals surface area (Å²) in [6, 6.07) is -0.544. The zero-order chi connectivity index (χ0) is 54.3.